The van der Waals surface area contributed by atoms with Crippen LogP contribution < -0.4 is 5.32 Å². The number of piperidine rings is 1. The molecule has 0 unspecified atom stereocenters. The SMILES string of the molecule is CNC[C@@H]1CCCN(S(=O)(=O)c2c(Cl)cccc2Cl)C1. The lowest BCUT2D eigenvalue weighted by molar-refractivity contribution is 0.263. The van der Waals surface area contributed by atoms with Gasteiger partial charge in [0.15, 0.2) is 0 Å². The summed E-state index contributed by atoms with van der Waals surface area (Å²) in [7, 11) is -1.76. The van der Waals surface area contributed by atoms with Crippen molar-refractivity contribution in [1.82, 2.24) is 9.62 Å². The normalized spacial score (nSPS) is 21.1. The number of rotatable bonds is 4. The number of sulfonamides is 1. The minimum Gasteiger partial charge on any atom is -0.319 e. The molecule has 1 aromatic rings. The van der Waals surface area contributed by atoms with Crippen LogP contribution in [0.15, 0.2) is 23.1 Å². The highest BCUT2D eigenvalue weighted by atomic mass is 35.5. The lowest BCUT2D eigenvalue weighted by atomic mass is 10.00. The van der Waals surface area contributed by atoms with Crippen LogP contribution in [-0.2, 0) is 10.0 Å². The molecule has 7 heteroatoms. The fourth-order valence-corrected chi connectivity index (χ4v) is 5.20. The van der Waals surface area contributed by atoms with Gasteiger partial charge in [0, 0.05) is 13.1 Å². The van der Waals surface area contributed by atoms with Crippen LogP contribution in [0.5, 0.6) is 0 Å². The molecule has 4 nitrogen and oxygen atoms in total. The zero-order valence-corrected chi connectivity index (χ0v) is 13.6. The summed E-state index contributed by atoms with van der Waals surface area (Å²) in [6, 6.07) is 4.74. The van der Waals surface area contributed by atoms with Crippen LogP contribution in [0.2, 0.25) is 10.0 Å². The Bertz CT molecular complexity index is 555. The molecule has 2 rings (SSSR count). The second-order valence-corrected chi connectivity index (χ2v) is 7.67. The minimum atomic E-state index is -3.63. The maximum absolute atomic E-state index is 12.7. The van der Waals surface area contributed by atoms with Gasteiger partial charge in [-0.3, -0.25) is 0 Å². The highest BCUT2D eigenvalue weighted by Gasteiger charge is 2.32. The number of hydrogen-bond donors (Lipinski definition) is 1. The smallest absolute Gasteiger partial charge is 0.246 e. The quantitative estimate of drug-likeness (QED) is 0.919. The molecule has 112 valence electrons. The first-order valence-electron chi connectivity index (χ1n) is 6.55. The Morgan fingerprint density at radius 3 is 2.60 bits per heavy atom. The first kappa shape index (κ1) is 16.0. The molecule has 1 N–H and O–H groups in total. The number of nitrogens with zero attached hydrogens (tertiary/aromatic N) is 1. The van der Waals surface area contributed by atoms with E-state index in [2.05, 4.69) is 5.32 Å². The van der Waals surface area contributed by atoms with Crippen molar-refractivity contribution in [3.8, 4) is 0 Å². The van der Waals surface area contributed by atoms with Crippen molar-refractivity contribution >= 4 is 33.2 Å². The Kier molecular flexibility index (Phi) is 5.31. The highest BCUT2D eigenvalue weighted by molar-refractivity contribution is 7.89. The van der Waals surface area contributed by atoms with Crippen molar-refractivity contribution < 1.29 is 8.42 Å². The Morgan fingerprint density at radius 2 is 2.00 bits per heavy atom. The van der Waals surface area contributed by atoms with Crippen LogP contribution >= 0.6 is 23.2 Å². The summed E-state index contributed by atoms with van der Waals surface area (Å²) in [6.07, 6.45) is 1.89. The van der Waals surface area contributed by atoms with Gasteiger partial charge in [0.25, 0.3) is 0 Å². The van der Waals surface area contributed by atoms with Crippen molar-refractivity contribution in [2.75, 3.05) is 26.7 Å². The van der Waals surface area contributed by atoms with E-state index in [9.17, 15) is 8.42 Å². The predicted octanol–water partition coefficient (Wildman–Crippen LogP) is 2.61. The van der Waals surface area contributed by atoms with Gasteiger partial charge < -0.3 is 5.32 Å². The van der Waals surface area contributed by atoms with Gasteiger partial charge in [-0.1, -0.05) is 29.3 Å². The molecule has 1 heterocycles. The van der Waals surface area contributed by atoms with E-state index < -0.39 is 10.0 Å². The lowest BCUT2D eigenvalue weighted by Crippen LogP contribution is -2.42. The molecule has 1 fully saturated rings. The maximum atomic E-state index is 12.7. The summed E-state index contributed by atoms with van der Waals surface area (Å²) < 4.78 is 26.9. The van der Waals surface area contributed by atoms with Crippen molar-refractivity contribution in [3.05, 3.63) is 28.2 Å². The van der Waals surface area contributed by atoms with Gasteiger partial charge in [0.1, 0.15) is 4.90 Å². The second kappa shape index (κ2) is 6.62. The van der Waals surface area contributed by atoms with Crippen molar-refractivity contribution in [2.45, 2.75) is 17.7 Å². The second-order valence-electron chi connectivity index (χ2n) is 4.98. The first-order valence-corrected chi connectivity index (χ1v) is 8.75. The molecule has 1 aromatic carbocycles. The molecule has 0 aromatic heterocycles. The summed E-state index contributed by atoms with van der Waals surface area (Å²) in [4.78, 5) is 0.0217. The van der Waals surface area contributed by atoms with Crippen LogP contribution in [0.4, 0.5) is 0 Å². The summed E-state index contributed by atoms with van der Waals surface area (Å²) in [5.74, 6) is 0.324. The molecule has 0 amide bonds. The standard InChI is InChI=1S/C13H18Cl2N2O2S/c1-16-8-10-4-3-7-17(9-10)20(18,19)13-11(14)5-2-6-12(13)15/h2,5-6,10,16H,3-4,7-9H2,1H3/t10-/m0/s1. The van der Waals surface area contributed by atoms with E-state index in [0.29, 0.717) is 19.0 Å². The summed E-state index contributed by atoms with van der Waals surface area (Å²) in [5.41, 5.74) is 0. The monoisotopic (exact) mass is 336 g/mol. The molecule has 0 radical (unpaired) electrons. The average molecular weight is 337 g/mol. The van der Waals surface area contributed by atoms with E-state index in [1.807, 2.05) is 7.05 Å². The third kappa shape index (κ3) is 3.28. The summed E-state index contributed by atoms with van der Waals surface area (Å²) >= 11 is 12.1. The van der Waals surface area contributed by atoms with Crippen LogP contribution in [0.25, 0.3) is 0 Å². The van der Waals surface area contributed by atoms with Crippen LogP contribution in [0, 0.1) is 5.92 Å². The number of hydrogen-bond acceptors (Lipinski definition) is 3. The number of nitrogens with one attached hydrogen (secondary N) is 1. The molecule has 1 aliphatic heterocycles. The minimum absolute atomic E-state index is 0.0217. The van der Waals surface area contributed by atoms with Crippen molar-refractivity contribution in [1.29, 1.82) is 0 Å². The highest BCUT2D eigenvalue weighted by Crippen LogP contribution is 2.33. The summed E-state index contributed by atoms with van der Waals surface area (Å²) in [5, 5.41) is 3.45. The molecule has 0 bridgehead atoms. The maximum Gasteiger partial charge on any atom is 0.246 e. The fourth-order valence-electron chi connectivity index (χ4n) is 2.56. The van der Waals surface area contributed by atoms with Gasteiger partial charge in [-0.25, -0.2) is 8.42 Å². The van der Waals surface area contributed by atoms with E-state index in [4.69, 9.17) is 23.2 Å². The molecule has 1 aliphatic rings. The van der Waals surface area contributed by atoms with E-state index in [0.717, 1.165) is 19.4 Å². The third-order valence-corrected chi connectivity index (χ3v) is 6.31. The first-order chi connectivity index (χ1) is 9.46. The molecule has 0 spiro atoms. The zero-order chi connectivity index (χ0) is 14.8. The molecule has 1 atom stereocenters. The average Bonchev–Trinajstić information content (AvgIpc) is 2.39. The Balaban J connectivity index is 2.30. The fraction of sp³-hybridized carbons (Fsp3) is 0.538. The van der Waals surface area contributed by atoms with E-state index >= 15 is 0 Å². The lowest BCUT2D eigenvalue weighted by Gasteiger charge is -2.32. The van der Waals surface area contributed by atoms with Crippen molar-refractivity contribution in [2.24, 2.45) is 5.92 Å². The Hall–Kier alpha value is -0.330. The van der Waals surface area contributed by atoms with Gasteiger partial charge in [-0.15, -0.1) is 0 Å². The van der Waals surface area contributed by atoms with Crippen LogP contribution in [0.3, 0.4) is 0 Å². The van der Waals surface area contributed by atoms with Gasteiger partial charge in [-0.2, -0.15) is 4.31 Å². The topological polar surface area (TPSA) is 49.4 Å². The van der Waals surface area contributed by atoms with Crippen molar-refractivity contribution in [3.63, 3.8) is 0 Å². The van der Waals surface area contributed by atoms with E-state index in [1.165, 1.54) is 4.31 Å². The van der Waals surface area contributed by atoms with Gasteiger partial charge in [0.2, 0.25) is 10.0 Å². The number of benzene rings is 1. The predicted molar refractivity (Wildman–Crippen MR) is 81.9 cm³/mol. The van der Waals surface area contributed by atoms with Crippen LogP contribution in [-0.4, -0.2) is 39.4 Å². The summed E-state index contributed by atoms with van der Waals surface area (Å²) in [6.45, 7) is 1.83. The molecule has 0 aliphatic carbocycles. The number of halogens is 2. The molecule has 1 saturated heterocycles. The largest absolute Gasteiger partial charge is 0.319 e. The third-order valence-electron chi connectivity index (χ3n) is 3.49. The van der Waals surface area contributed by atoms with Crippen LogP contribution in [0.1, 0.15) is 12.8 Å². The van der Waals surface area contributed by atoms with E-state index in [1.54, 1.807) is 18.2 Å². The van der Waals surface area contributed by atoms with Gasteiger partial charge >= 0.3 is 0 Å². The van der Waals surface area contributed by atoms with Gasteiger partial charge in [0.05, 0.1) is 10.0 Å². The zero-order valence-electron chi connectivity index (χ0n) is 11.3. The molecular formula is C13H18Cl2N2O2S. The molecule has 20 heavy (non-hydrogen) atoms. The molecular weight excluding hydrogens is 319 g/mol. The Morgan fingerprint density at radius 1 is 1.35 bits per heavy atom. The van der Waals surface area contributed by atoms with Gasteiger partial charge in [-0.05, 0) is 44.5 Å². The molecule has 0 saturated carbocycles. The Labute approximate surface area is 130 Å². The van der Waals surface area contributed by atoms with E-state index in [-0.39, 0.29) is 14.9 Å².